The zero-order chi connectivity index (χ0) is 52.9. The van der Waals surface area contributed by atoms with E-state index in [0.717, 1.165) is 77.0 Å². The SMILES string of the molecule is CC/C=C\C/C=C\C/C=C\C/C=C\CCCCC(=O)OC(COC(=O)CCCCCCCCCCCCCCC/C=C\CCCCCCCCCC)COC(=O)CCCCCCCCCCCCCCCCC. The molecule has 0 rings (SSSR count). The highest BCUT2D eigenvalue weighted by molar-refractivity contribution is 5.71. The molecule has 0 aliphatic rings. The van der Waals surface area contributed by atoms with Gasteiger partial charge in [0.1, 0.15) is 13.2 Å². The van der Waals surface area contributed by atoms with E-state index in [4.69, 9.17) is 14.2 Å². The second-order valence-corrected chi connectivity index (χ2v) is 21.3. The van der Waals surface area contributed by atoms with Crippen molar-refractivity contribution in [1.82, 2.24) is 0 Å². The summed E-state index contributed by atoms with van der Waals surface area (Å²) >= 11 is 0. The highest BCUT2D eigenvalue weighted by Crippen LogP contribution is 2.17. The van der Waals surface area contributed by atoms with Crippen LogP contribution in [0.25, 0.3) is 0 Å². The second-order valence-electron chi connectivity index (χ2n) is 21.3. The van der Waals surface area contributed by atoms with Gasteiger partial charge >= 0.3 is 17.9 Å². The number of rotatable bonds is 58. The van der Waals surface area contributed by atoms with Crippen LogP contribution < -0.4 is 0 Å². The van der Waals surface area contributed by atoms with Gasteiger partial charge < -0.3 is 14.2 Å². The van der Waals surface area contributed by atoms with Crippen molar-refractivity contribution in [2.24, 2.45) is 0 Å². The predicted octanol–water partition coefficient (Wildman–Crippen LogP) is 21.6. The number of ether oxygens (including phenoxy) is 3. The van der Waals surface area contributed by atoms with E-state index in [1.807, 2.05) is 0 Å². The summed E-state index contributed by atoms with van der Waals surface area (Å²) in [5, 5.41) is 0. The summed E-state index contributed by atoms with van der Waals surface area (Å²) in [5.41, 5.74) is 0. The minimum Gasteiger partial charge on any atom is -0.462 e. The fourth-order valence-corrected chi connectivity index (χ4v) is 9.25. The Morgan fingerprint density at radius 3 is 0.877 bits per heavy atom. The molecule has 0 aromatic carbocycles. The lowest BCUT2D eigenvalue weighted by Gasteiger charge is -2.18. The lowest BCUT2D eigenvalue weighted by molar-refractivity contribution is -0.167. The van der Waals surface area contributed by atoms with Gasteiger partial charge in [-0.15, -0.1) is 0 Å². The number of hydrogen-bond donors (Lipinski definition) is 0. The van der Waals surface area contributed by atoms with Crippen molar-refractivity contribution in [2.75, 3.05) is 13.2 Å². The smallest absolute Gasteiger partial charge is 0.306 e. The van der Waals surface area contributed by atoms with Crippen molar-refractivity contribution < 1.29 is 28.6 Å². The van der Waals surface area contributed by atoms with Gasteiger partial charge in [0.05, 0.1) is 0 Å². The Labute approximate surface area is 453 Å². The summed E-state index contributed by atoms with van der Waals surface area (Å²) in [5.74, 6) is -0.912. The average molecular weight is 1020 g/mol. The van der Waals surface area contributed by atoms with Gasteiger partial charge in [0.25, 0.3) is 0 Å². The van der Waals surface area contributed by atoms with Crippen LogP contribution in [0.15, 0.2) is 60.8 Å². The highest BCUT2D eigenvalue weighted by atomic mass is 16.6. The van der Waals surface area contributed by atoms with Gasteiger partial charge in [0, 0.05) is 19.3 Å². The second kappa shape index (κ2) is 61.7. The third-order valence-electron chi connectivity index (χ3n) is 14.0. The van der Waals surface area contributed by atoms with E-state index in [1.54, 1.807) is 0 Å². The quantitative estimate of drug-likeness (QED) is 0.0261. The molecule has 6 heteroatoms. The minimum absolute atomic E-state index is 0.0874. The van der Waals surface area contributed by atoms with E-state index < -0.39 is 6.10 Å². The molecular formula is C67H120O6. The van der Waals surface area contributed by atoms with Crippen LogP contribution >= 0.6 is 0 Å². The van der Waals surface area contributed by atoms with E-state index in [0.29, 0.717) is 19.3 Å². The molecule has 6 nitrogen and oxygen atoms in total. The standard InChI is InChI=1S/C67H120O6/c1-4-7-10-13-16-19-22-25-28-29-30-31-32-33-34-35-36-37-40-42-45-48-51-54-57-60-66(69)72-63-64(73-67(70)61-58-55-52-49-46-43-39-27-24-21-18-15-12-9-6-3)62-71-65(68)59-56-53-50-47-44-41-38-26-23-20-17-14-11-8-5-2/h9,12,18,21,27,29-30,39,46,49,64H,4-8,10-11,13-17,19-20,22-26,28,31-38,40-45,47-48,50-63H2,1-3H3/b12-9-,21-18-,30-29-,39-27-,49-46-. The molecule has 0 radical (unpaired) electrons. The van der Waals surface area contributed by atoms with Gasteiger partial charge in [0.2, 0.25) is 0 Å². The van der Waals surface area contributed by atoms with Gasteiger partial charge in [-0.3, -0.25) is 14.4 Å². The molecule has 0 aliphatic heterocycles. The zero-order valence-electron chi connectivity index (χ0n) is 48.7. The van der Waals surface area contributed by atoms with Crippen molar-refractivity contribution in [2.45, 2.75) is 335 Å². The van der Waals surface area contributed by atoms with Crippen LogP contribution in [0, 0.1) is 0 Å². The van der Waals surface area contributed by atoms with E-state index >= 15 is 0 Å². The summed E-state index contributed by atoms with van der Waals surface area (Å²) in [6, 6.07) is 0. The fraction of sp³-hybridized carbons (Fsp3) is 0.806. The van der Waals surface area contributed by atoms with E-state index in [2.05, 4.69) is 81.5 Å². The average Bonchev–Trinajstić information content (AvgIpc) is 3.39. The molecule has 0 aromatic rings. The first-order chi connectivity index (χ1) is 36.0. The summed E-state index contributed by atoms with van der Waals surface area (Å²) < 4.78 is 16.9. The lowest BCUT2D eigenvalue weighted by atomic mass is 10.0. The number of hydrogen-bond acceptors (Lipinski definition) is 6. The third-order valence-corrected chi connectivity index (χ3v) is 14.0. The number of carbonyl (C=O) groups excluding carboxylic acids is 3. The minimum atomic E-state index is -0.794. The summed E-state index contributed by atoms with van der Waals surface area (Å²) in [6.45, 7) is 6.54. The molecular weight excluding hydrogens is 901 g/mol. The molecule has 0 spiro atoms. The Hall–Kier alpha value is -2.89. The first-order valence-corrected chi connectivity index (χ1v) is 31.8. The molecule has 0 N–H and O–H groups in total. The molecule has 73 heavy (non-hydrogen) atoms. The summed E-state index contributed by atoms with van der Waals surface area (Å²) in [6.07, 6.45) is 78.1. The molecule has 0 saturated heterocycles. The molecule has 1 atom stereocenters. The number of carbonyl (C=O) groups is 3. The molecule has 0 amide bonds. The molecule has 0 aromatic heterocycles. The molecule has 424 valence electrons. The molecule has 1 unspecified atom stereocenters. The van der Waals surface area contributed by atoms with Crippen molar-refractivity contribution >= 4 is 17.9 Å². The maximum atomic E-state index is 12.9. The molecule has 0 bridgehead atoms. The Morgan fingerprint density at radius 2 is 0.534 bits per heavy atom. The Kier molecular flexibility index (Phi) is 59.2. The Balaban J connectivity index is 4.29. The first-order valence-electron chi connectivity index (χ1n) is 31.8. The van der Waals surface area contributed by atoms with Gasteiger partial charge in [-0.25, -0.2) is 0 Å². The number of esters is 3. The molecule has 0 heterocycles. The Morgan fingerprint density at radius 1 is 0.288 bits per heavy atom. The predicted molar refractivity (Wildman–Crippen MR) is 316 cm³/mol. The molecule has 0 aliphatic carbocycles. The van der Waals surface area contributed by atoms with Crippen molar-refractivity contribution in [3.8, 4) is 0 Å². The highest BCUT2D eigenvalue weighted by Gasteiger charge is 2.19. The number of unbranched alkanes of at least 4 members (excludes halogenated alkanes) is 37. The van der Waals surface area contributed by atoms with Crippen LogP contribution in [0.2, 0.25) is 0 Å². The molecule has 0 saturated carbocycles. The van der Waals surface area contributed by atoms with E-state index in [9.17, 15) is 14.4 Å². The van der Waals surface area contributed by atoms with Crippen molar-refractivity contribution in [3.63, 3.8) is 0 Å². The van der Waals surface area contributed by atoms with Crippen LogP contribution in [0.5, 0.6) is 0 Å². The Bertz CT molecular complexity index is 1310. The monoisotopic (exact) mass is 1020 g/mol. The largest absolute Gasteiger partial charge is 0.462 e. The van der Waals surface area contributed by atoms with Gasteiger partial charge in [0.15, 0.2) is 6.10 Å². The van der Waals surface area contributed by atoms with Crippen LogP contribution in [-0.4, -0.2) is 37.2 Å². The third kappa shape index (κ3) is 59.9. The van der Waals surface area contributed by atoms with Crippen LogP contribution in [0.3, 0.4) is 0 Å². The number of allylic oxidation sites excluding steroid dienone is 10. The maximum Gasteiger partial charge on any atom is 0.306 e. The molecule has 0 fully saturated rings. The van der Waals surface area contributed by atoms with E-state index in [-0.39, 0.29) is 37.5 Å². The fourth-order valence-electron chi connectivity index (χ4n) is 9.25. The van der Waals surface area contributed by atoms with Gasteiger partial charge in [-0.2, -0.15) is 0 Å². The van der Waals surface area contributed by atoms with Crippen molar-refractivity contribution in [1.29, 1.82) is 0 Å². The lowest BCUT2D eigenvalue weighted by Crippen LogP contribution is -2.30. The van der Waals surface area contributed by atoms with Crippen LogP contribution in [0.1, 0.15) is 329 Å². The normalized spacial score (nSPS) is 12.4. The van der Waals surface area contributed by atoms with Gasteiger partial charge in [-0.05, 0) is 83.5 Å². The van der Waals surface area contributed by atoms with E-state index in [1.165, 1.54) is 205 Å². The maximum absolute atomic E-state index is 12.9. The summed E-state index contributed by atoms with van der Waals surface area (Å²) in [4.78, 5) is 38.2. The van der Waals surface area contributed by atoms with Crippen molar-refractivity contribution in [3.05, 3.63) is 60.8 Å². The van der Waals surface area contributed by atoms with Gasteiger partial charge in [-0.1, -0.05) is 287 Å². The zero-order valence-corrected chi connectivity index (χ0v) is 48.7. The topological polar surface area (TPSA) is 78.9 Å². The van der Waals surface area contributed by atoms with Crippen LogP contribution in [0.4, 0.5) is 0 Å². The first kappa shape index (κ1) is 70.1. The van der Waals surface area contributed by atoms with Crippen LogP contribution in [-0.2, 0) is 28.6 Å². The summed E-state index contributed by atoms with van der Waals surface area (Å²) in [7, 11) is 0.